The van der Waals surface area contributed by atoms with Crippen LogP contribution in [0.3, 0.4) is 0 Å². The van der Waals surface area contributed by atoms with Gasteiger partial charge in [0.25, 0.3) is 0 Å². The molecule has 98 valence electrons. The lowest BCUT2D eigenvalue weighted by Crippen LogP contribution is -2.27. The average Bonchev–Trinajstić information content (AvgIpc) is 2.83. The van der Waals surface area contributed by atoms with Gasteiger partial charge in [-0.15, -0.1) is 0 Å². The summed E-state index contributed by atoms with van der Waals surface area (Å²) in [5.74, 6) is 1.45. The van der Waals surface area contributed by atoms with Crippen LogP contribution in [-0.2, 0) is 9.53 Å². The summed E-state index contributed by atoms with van der Waals surface area (Å²) in [6.45, 7) is 2.62. The highest BCUT2D eigenvalue weighted by molar-refractivity contribution is 5.76. The van der Waals surface area contributed by atoms with Crippen LogP contribution in [0, 0.1) is 0 Å². The Bertz CT molecular complexity index is 433. The second-order valence-corrected chi connectivity index (χ2v) is 4.14. The Labute approximate surface area is 106 Å². The van der Waals surface area contributed by atoms with Gasteiger partial charge in [-0.05, 0) is 24.6 Å². The van der Waals surface area contributed by atoms with E-state index in [-0.39, 0.29) is 18.7 Å². The molecule has 0 radical (unpaired) electrons. The van der Waals surface area contributed by atoms with Gasteiger partial charge in [-0.3, -0.25) is 4.79 Å². The van der Waals surface area contributed by atoms with E-state index in [1.165, 1.54) is 0 Å². The molecule has 2 rings (SSSR count). The van der Waals surface area contributed by atoms with Crippen LogP contribution < -0.4 is 14.8 Å². The highest BCUT2D eigenvalue weighted by Gasteiger charge is 2.16. The van der Waals surface area contributed by atoms with Crippen molar-refractivity contribution in [2.45, 2.75) is 19.4 Å². The van der Waals surface area contributed by atoms with Crippen molar-refractivity contribution in [2.75, 3.05) is 20.5 Å². The maximum Gasteiger partial charge on any atom is 0.231 e. The molecule has 1 atom stereocenters. The van der Waals surface area contributed by atoms with Crippen LogP contribution >= 0.6 is 0 Å². The number of nitrogens with one attached hydrogen (secondary N) is 1. The number of hydrogen-bond acceptors (Lipinski definition) is 4. The summed E-state index contributed by atoms with van der Waals surface area (Å²) in [4.78, 5) is 11.6. The lowest BCUT2D eigenvalue weighted by atomic mass is 10.1. The van der Waals surface area contributed by atoms with Gasteiger partial charge in [-0.1, -0.05) is 6.07 Å². The Morgan fingerprint density at radius 3 is 3.00 bits per heavy atom. The molecular formula is C13H17NO4. The molecule has 1 aliphatic heterocycles. The van der Waals surface area contributed by atoms with Gasteiger partial charge in [0.2, 0.25) is 12.7 Å². The molecule has 1 N–H and O–H groups in total. The molecule has 1 aromatic rings. The molecule has 0 bridgehead atoms. The van der Waals surface area contributed by atoms with Crippen molar-refractivity contribution in [1.29, 1.82) is 0 Å². The number of carbonyl (C=O) groups is 1. The van der Waals surface area contributed by atoms with Crippen LogP contribution in [-0.4, -0.2) is 26.4 Å². The molecule has 5 nitrogen and oxygen atoms in total. The molecule has 0 aromatic heterocycles. The van der Waals surface area contributed by atoms with Crippen molar-refractivity contribution in [3.63, 3.8) is 0 Å². The van der Waals surface area contributed by atoms with Crippen LogP contribution in [0.5, 0.6) is 11.5 Å². The highest BCUT2D eigenvalue weighted by Crippen LogP contribution is 2.34. The van der Waals surface area contributed by atoms with Gasteiger partial charge in [-0.25, -0.2) is 0 Å². The van der Waals surface area contributed by atoms with E-state index >= 15 is 0 Å². The Balaban J connectivity index is 1.96. The predicted octanol–water partition coefficient (Wildman–Crippen LogP) is 1.63. The van der Waals surface area contributed by atoms with E-state index in [0.29, 0.717) is 13.0 Å². The van der Waals surface area contributed by atoms with E-state index in [9.17, 15) is 4.79 Å². The van der Waals surface area contributed by atoms with Crippen molar-refractivity contribution in [1.82, 2.24) is 5.32 Å². The Morgan fingerprint density at radius 2 is 2.22 bits per heavy atom. The third-order valence-electron chi connectivity index (χ3n) is 2.81. The molecule has 1 aliphatic rings. The summed E-state index contributed by atoms with van der Waals surface area (Å²) < 4.78 is 15.4. The number of ether oxygens (including phenoxy) is 3. The van der Waals surface area contributed by atoms with Crippen LogP contribution in [0.4, 0.5) is 0 Å². The van der Waals surface area contributed by atoms with Gasteiger partial charge >= 0.3 is 0 Å². The summed E-state index contributed by atoms with van der Waals surface area (Å²) in [6.07, 6.45) is 0.366. The van der Waals surface area contributed by atoms with E-state index < -0.39 is 0 Å². The second kappa shape index (κ2) is 5.73. The fraction of sp³-hybridized carbons (Fsp3) is 0.462. The molecule has 0 fully saturated rings. The molecule has 0 unspecified atom stereocenters. The maximum atomic E-state index is 11.6. The minimum atomic E-state index is -0.0659. The summed E-state index contributed by atoms with van der Waals surface area (Å²) in [5, 5.41) is 2.91. The minimum Gasteiger partial charge on any atom is -0.454 e. The number of carbonyl (C=O) groups excluding carboxylic acids is 1. The smallest absolute Gasteiger partial charge is 0.231 e. The van der Waals surface area contributed by atoms with Crippen LogP contribution in [0.25, 0.3) is 0 Å². The standard InChI is InChI=1S/C13H17NO4/c1-9(14-13(15)5-6-16-2)10-3-4-11-12(7-10)18-8-17-11/h3-4,7,9H,5-6,8H2,1-2H3,(H,14,15)/t9-/m1/s1. The third kappa shape index (κ3) is 2.92. The van der Waals surface area contributed by atoms with Crippen LogP contribution in [0.2, 0.25) is 0 Å². The van der Waals surface area contributed by atoms with Crippen molar-refractivity contribution in [3.8, 4) is 11.5 Å². The van der Waals surface area contributed by atoms with Crippen molar-refractivity contribution < 1.29 is 19.0 Å². The number of methoxy groups -OCH3 is 1. The van der Waals surface area contributed by atoms with Gasteiger partial charge in [0.15, 0.2) is 11.5 Å². The number of fused-ring (bicyclic) bond motifs is 1. The van der Waals surface area contributed by atoms with Crippen molar-refractivity contribution >= 4 is 5.91 Å². The quantitative estimate of drug-likeness (QED) is 0.864. The zero-order chi connectivity index (χ0) is 13.0. The minimum absolute atomic E-state index is 0.0259. The summed E-state index contributed by atoms with van der Waals surface area (Å²) in [6, 6.07) is 5.61. The molecule has 0 spiro atoms. The monoisotopic (exact) mass is 251 g/mol. The zero-order valence-corrected chi connectivity index (χ0v) is 10.6. The SMILES string of the molecule is COCCC(=O)N[C@H](C)c1ccc2c(c1)OCO2. The van der Waals surface area contributed by atoms with Gasteiger partial charge in [0.05, 0.1) is 12.6 Å². The number of hydrogen-bond donors (Lipinski definition) is 1. The van der Waals surface area contributed by atoms with Crippen molar-refractivity contribution in [3.05, 3.63) is 23.8 Å². The number of rotatable bonds is 5. The molecular weight excluding hydrogens is 234 g/mol. The summed E-state index contributed by atoms with van der Waals surface area (Å²) in [7, 11) is 1.58. The molecule has 0 aliphatic carbocycles. The zero-order valence-electron chi connectivity index (χ0n) is 10.6. The Morgan fingerprint density at radius 1 is 1.44 bits per heavy atom. The highest BCUT2D eigenvalue weighted by atomic mass is 16.7. The summed E-state index contributed by atoms with van der Waals surface area (Å²) >= 11 is 0. The fourth-order valence-electron chi connectivity index (χ4n) is 1.77. The van der Waals surface area contributed by atoms with Gasteiger partial charge in [0, 0.05) is 13.5 Å². The third-order valence-corrected chi connectivity index (χ3v) is 2.81. The molecule has 1 heterocycles. The van der Waals surface area contributed by atoms with Crippen molar-refractivity contribution in [2.24, 2.45) is 0 Å². The van der Waals surface area contributed by atoms with E-state index in [4.69, 9.17) is 14.2 Å². The van der Waals surface area contributed by atoms with Gasteiger partial charge in [0.1, 0.15) is 0 Å². The van der Waals surface area contributed by atoms with Crippen LogP contribution in [0.15, 0.2) is 18.2 Å². The van der Waals surface area contributed by atoms with E-state index in [1.807, 2.05) is 25.1 Å². The fourth-order valence-corrected chi connectivity index (χ4v) is 1.77. The largest absolute Gasteiger partial charge is 0.454 e. The topological polar surface area (TPSA) is 56.8 Å². The summed E-state index contributed by atoms with van der Waals surface area (Å²) in [5.41, 5.74) is 0.991. The van der Waals surface area contributed by atoms with E-state index in [2.05, 4.69) is 5.32 Å². The maximum absolute atomic E-state index is 11.6. The molecule has 18 heavy (non-hydrogen) atoms. The average molecular weight is 251 g/mol. The second-order valence-electron chi connectivity index (χ2n) is 4.14. The first-order valence-electron chi connectivity index (χ1n) is 5.88. The molecule has 1 amide bonds. The Hall–Kier alpha value is -1.75. The lowest BCUT2D eigenvalue weighted by Gasteiger charge is -2.14. The van der Waals surface area contributed by atoms with Gasteiger partial charge < -0.3 is 19.5 Å². The first-order chi connectivity index (χ1) is 8.70. The van der Waals surface area contributed by atoms with E-state index in [1.54, 1.807) is 7.11 Å². The Kier molecular flexibility index (Phi) is 4.04. The lowest BCUT2D eigenvalue weighted by molar-refractivity contribution is -0.122. The number of benzene rings is 1. The first-order valence-corrected chi connectivity index (χ1v) is 5.88. The predicted molar refractivity (Wildman–Crippen MR) is 65.6 cm³/mol. The first kappa shape index (κ1) is 12.7. The molecule has 0 saturated carbocycles. The normalized spacial score (nSPS) is 14.3. The van der Waals surface area contributed by atoms with Crippen LogP contribution in [0.1, 0.15) is 24.9 Å². The van der Waals surface area contributed by atoms with Gasteiger partial charge in [-0.2, -0.15) is 0 Å². The molecule has 1 aromatic carbocycles. The molecule has 0 saturated heterocycles. The molecule has 5 heteroatoms. The number of amides is 1. The van der Waals surface area contributed by atoms with E-state index in [0.717, 1.165) is 17.1 Å².